The average Bonchev–Trinajstić information content (AvgIpc) is 3.06. The SMILES string of the molecule is C1=Cc2c3ccccc3cc3c2c1cc1ccc2ccccc2c13. The van der Waals surface area contributed by atoms with Crippen LogP contribution < -0.4 is 0 Å². The zero-order chi connectivity index (χ0) is 15.7. The number of hydrogen-bond donors (Lipinski definition) is 0. The first-order valence-electron chi connectivity index (χ1n) is 8.38. The van der Waals surface area contributed by atoms with Crippen LogP contribution in [-0.2, 0) is 0 Å². The van der Waals surface area contributed by atoms with E-state index in [1.807, 2.05) is 0 Å². The second kappa shape index (κ2) is 4.24. The van der Waals surface area contributed by atoms with Crippen molar-refractivity contribution in [1.29, 1.82) is 0 Å². The highest BCUT2D eigenvalue weighted by Gasteiger charge is 2.16. The maximum Gasteiger partial charge on any atom is -0.00257 e. The van der Waals surface area contributed by atoms with Gasteiger partial charge in [0.25, 0.3) is 0 Å². The normalized spacial score (nSPS) is 12.8. The zero-order valence-corrected chi connectivity index (χ0v) is 13.1. The van der Waals surface area contributed by atoms with Gasteiger partial charge in [-0.25, -0.2) is 0 Å². The van der Waals surface area contributed by atoms with Crippen LogP contribution in [0.4, 0.5) is 0 Å². The Morgan fingerprint density at radius 2 is 1.21 bits per heavy atom. The molecule has 0 atom stereocenters. The summed E-state index contributed by atoms with van der Waals surface area (Å²) < 4.78 is 0. The molecule has 0 nitrogen and oxygen atoms in total. The number of fused-ring (bicyclic) bond motifs is 6. The summed E-state index contributed by atoms with van der Waals surface area (Å²) >= 11 is 0. The van der Waals surface area contributed by atoms with E-state index >= 15 is 0 Å². The van der Waals surface area contributed by atoms with Crippen molar-refractivity contribution >= 4 is 55.2 Å². The minimum atomic E-state index is 1.31. The minimum Gasteiger partial charge on any atom is -0.0616 e. The molecule has 110 valence electrons. The molecule has 0 saturated heterocycles. The first-order chi connectivity index (χ1) is 11.9. The highest BCUT2D eigenvalue weighted by molar-refractivity contribution is 6.27. The zero-order valence-electron chi connectivity index (χ0n) is 13.1. The Hall–Kier alpha value is -3.12. The summed E-state index contributed by atoms with van der Waals surface area (Å²) in [6.07, 6.45) is 4.54. The van der Waals surface area contributed by atoms with Crippen LogP contribution in [0.25, 0.3) is 55.2 Å². The molecule has 1 aliphatic carbocycles. The minimum absolute atomic E-state index is 1.31. The molecule has 6 rings (SSSR count). The van der Waals surface area contributed by atoms with Crippen LogP contribution in [0.1, 0.15) is 11.1 Å². The van der Waals surface area contributed by atoms with Gasteiger partial charge in [0, 0.05) is 0 Å². The Balaban J connectivity index is 1.99. The number of rotatable bonds is 0. The van der Waals surface area contributed by atoms with Gasteiger partial charge in [0.2, 0.25) is 0 Å². The van der Waals surface area contributed by atoms with Gasteiger partial charge in [0.15, 0.2) is 0 Å². The molecule has 0 bridgehead atoms. The summed E-state index contributed by atoms with van der Waals surface area (Å²) in [7, 11) is 0. The van der Waals surface area contributed by atoms with Crippen LogP contribution in [-0.4, -0.2) is 0 Å². The standard InChI is InChI=1S/C24H14/c1-4-8-20-15(5-1)9-10-17-13-18-11-12-21-19-7-3-2-6-16(19)14-22(23(17)20)24(18)21/h1-14H. The maximum atomic E-state index is 2.37. The summed E-state index contributed by atoms with van der Waals surface area (Å²) in [5.41, 5.74) is 2.71. The van der Waals surface area contributed by atoms with Gasteiger partial charge in [0.1, 0.15) is 0 Å². The largest absolute Gasteiger partial charge is 0.0616 e. The fraction of sp³-hybridized carbons (Fsp3) is 0. The van der Waals surface area contributed by atoms with Crippen molar-refractivity contribution in [2.45, 2.75) is 0 Å². The Labute approximate surface area is 139 Å². The van der Waals surface area contributed by atoms with Gasteiger partial charge in [-0.15, -0.1) is 0 Å². The van der Waals surface area contributed by atoms with Crippen LogP contribution in [0.15, 0.2) is 72.8 Å². The van der Waals surface area contributed by atoms with Crippen LogP contribution >= 0.6 is 0 Å². The monoisotopic (exact) mass is 302 g/mol. The molecule has 0 heteroatoms. The fourth-order valence-electron chi connectivity index (χ4n) is 4.31. The highest BCUT2D eigenvalue weighted by atomic mass is 14.2. The first kappa shape index (κ1) is 12.3. The van der Waals surface area contributed by atoms with Gasteiger partial charge < -0.3 is 0 Å². The van der Waals surface area contributed by atoms with Crippen molar-refractivity contribution in [2.75, 3.05) is 0 Å². The third-order valence-corrected chi connectivity index (χ3v) is 5.35. The summed E-state index contributed by atoms with van der Waals surface area (Å²) in [6.45, 7) is 0. The smallest absolute Gasteiger partial charge is 0.00257 e. The molecule has 0 amide bonds. The summed E-state index contributed by atoms with van der Waals surface area (Å²) in [4.78, 5) is 0. The molecule has 1 aliphatic rings. The van der Waals surface area contributed by atoms with Crippen molar-refractivity contribution in [3.05, 3.63) is 83.9 Å². The van der Waals surface area contributed by atoms with Gasteiger partial charge in [0.05, 0.1) is 0 Å². The second-order valence-electron chi connectivity index (χ2n) is 6.62. The molecule has 0 spiro atoms. The van der Waals surface area contributed by atoms with Crippen molar-refractivity contribution in [3.8, 4) is 0 Å². The highest BCUT2D eigenvalue weighted by Crippen LogP contribution is 2.42. The lowest BCUT2D eigenvalue weighted by Gasteiger charge is -2.12. The second-order valence-corrected chi connectivity index (χ2v) is 6.62. The van der Waals surface area contributed by atoms with E-state index in [0.717, 1.165) is 0 Å². The predicted octanol–water partition coefficient (Wildman–Crippen LogP) is 6.78. The van der Waals surface area contributed by atoms with E-state index < -0.39 is 0 Å². The maximum absolute atomic E-state index is 2.37. The molecule has 0 saturated carbocycles. The van der Waals surface area contributed by atoms with Gasteiger partial charge >= 0.3 is 0 Å². The Morgan fingerprint density at radius 3 is 2.12 bits per heavy atom. The Kier molecular flexibility index (Phi) is 2.18. The summed E-state index contributed by atoms with van der Waals surface area (Å²) in [5, 5.41) is 10.8. The van der Waals surface area contributed by atoms with Gasteiger partial charge in [-0.2, -0.15) is 0 Å². The molecular weight excluding hydrogens is 288 g/mol. The van der Waals surface area contributed by atoms with E-state index in [-0.39, 0.29) is 0 Å². The van der Waals surface area contributed by atoms with E-state index in [0.29, 0.717) is 0 Å². The first-order valence-corrected chi connectivity index (χ1v) is 8.38. The van der Waals surface area contributed by atoms with Crippen molar-refractivity contribution in [3.63, 3.8) is 0 Å². The molecule has 5 aromatic rings. The summed E-state index contributed by atoms with van der Waals surface area (Å²) in [6, 6.07) is 26.6. The molecule has 0 N–H and O–H groups in total. The average molecular weight is 302 g/mol. The third kappa shape index (κ3) is 1.43. The topological polar surface area (TPSA) is 0 Å². The number of hydrogen-bond acceptors (Lipinski definition) is 0. The lowest BCUT2D eigenvalue weighted by Crippen LogP contribution is -1.86. The molecule has 0 aromatic heterocycles. The van der Waals surface area contributed by atoms with Gasteiger partial charge in [-0.05, 0) is 66.3 Å². The van der Waals surface area contributed by atoms with Crippen molar-refractivity contribution in [2.24, 2.45) is 0 Å². The fourth-order valence-corrected chi connectivity index (χ4v) is 4.31. The molecule has 0 fully saturated rings. The lowest BCUT2D eigenvalue weighted by atomic mass is 9.91. The molecule has 24 heavy (non-hydrogen) atoms. The molecule has 0 unspecified atom stereocenters. The van der Waals surface area contributed by atoms with Crippen molar-refractivity contribution < 1.29 is 0 Å². The van der Waals surface area contributed by atoms with E-state index in [1.165, 1.54) is 54.2 Å². The molecular formula is C24H14. The van der Waals surface area contributed by atoms with E-state index in [4.69, 9.17) is 0 Å². The van der Waals surface area contributed by atoms with E-state index in [1.54, 1.807) is 0 Å². The molecule has 0 aliphatic heterocycles. The third-order valence-electron chi connectivity index (χ3n) is 5.35. The quantitative estimate of drug-likeness (QED) is 0.214. The lowest BCUT2D eigenvalue weighted by molar-refractivity contribution is 1.76. The molecule has 0 heterocycles. The molecule has 0 radical (unpaired) electrons. The van der Waals surface area contributed by atoms with E-state index in [2.05, 4.69) is 84.9 Å². The van der Waals surface area contributed by atoms with Gasteiger partial charge in [-0.1, -0.05) is 72.8 Å². The van der Waals surface area contributed by atoms with Crippen molar-refractivity contribution in [1.82, 2.24) is 0 Å². The van der Waals surface area contributed by atoms with Crippen LogP contribution in [0.3, 0.4) is 0 Å². The van der Waals surface area contributed by atoms with Crippen LogP contribution in [0.5, 0.6) is 0 Å². The van der Waals surface area contributed by atoms with Crippen LogP contribution in [0.2, 0.25) is 0 Å². The van der Waals surface area contributed by atoms with Crippen LogP contribution in [0, 0.1) is 0 Å². The van der Waals surface area contributed by atoms with Gasteiger partial charge in [-0.3, -0.25) is 0 Å². The Bertz CT molecular complexity index is 1340. The van der Waals surface area contributed by atoms with E-state index in [9.17, 15) is 0 Å². The molecule has 5 aromatic carbocycles. The summed E-state index contributed by atoms with van der Waals surface area (Å²) in [5.74, 6) is 0. The Morgan fingerprint density at radius 1 is 0.458 bits per heavy atom. The number of benzene rings is 5. The predicted molar refractivity (Wildman–Crippen MR) is 105 cm³/mol.